The predicted octanol–water partition coefficient (Wildman–Crippen LogP) is 2.46. The van der Waals surface area contributed by atoms with Crippen LogP contribution in [0.4, 0.5) is 0 Å². The Morgan fingerprint density at radius 2 is 2.11 bits per heavy atom. The molecule has 2 rings (SSSR count). The largest absolute Gasteiger partial charge is 0.459 e. The topological polar surface area (TPSA) is 62.5 Å². The molecule has 0 aliphatic heterocycles. The molecule has 0 aliphatic carbocycles. The SMILES string of the molecule is CSc1ccc(C(O)CNC(=O)c2ccco2)cc1. The minimum atomic E-state index is -0.727. The van der Waals surface area contributed by atoms with Crippen LogP contribution in [-0.2, 0) is 0 Å². The Kier molecular flexibility index (Phi) is 4.65. The molecule has 1 aromatic carbocycles. The highest BCUT2D eigenvalue weighted by molar-refractivity contribution is 7.98. The lowest BCUT2D eigenvalue weighted by Gasteiger charge is -2.12. The highest BCUT2D eigenvalue weighted by atomic mass is 32.2. The van der Waals surface area contributed by atoms with Crippen LogP contribution < -0.4 is 5.32 Å². The third kappa shape index (κ3) is 3.62. The smallest absolute Gasteiger partial charge is 0.287 e. The van der Waals surface area contributed by atoms with E-state index >= 15 is 0 Å². The van der Waals surface area contributed by atoms with Gasteiger partial charge in [0.25, 0.3) is 5.91 Å². The van der Waals surface area contributed by atoms with E-state index in [0.717, 1.165) is 10.5 Å². The van der Waals surface area contributed by atoms with Crippen molar-refractivity contribution < 1.29 is 14.3 Å². The normalized spacial score (nSPS) is 12.1. The highest BCUT2D eigenvalue weighted by Gasteiger charge is 2.12. The fraction of sp³-hybridized carbons (Fsp3) is 0.214. The first-order valence-corrected chi connectivity index (χ1v) is 7.07. The zero-order valence-electron chi connectivity index (χ0n) is 10.5. The summed E-state index contributed by atoms with van der Waals surface area (Å²) < 4.78 is 4.97. The number of aliphatic hydroxyl groups is 1. The van der Waals surface area contributed by atoms with Crippen molar-refractivity contribution in [2.75, 3.05) is 12.8 Å². The molecule has 2 aromatic rings. The summed E-state index contributed by atoms with van der Waals surface area (Å²) in [6, 6.07) is 10.8. The van der Waals surface area contributed by atoms with Crippen molar-refractivity contribution in [3.8, 4) is 0 Å². The fourth-order valence-corrected chi connectivity index (χ4v) is 2.04. The molecule has 1 unspecified atom stereocenters. The second-order valence-electron chi connectivity index (χ2n) is 3.98. The van der Waals surface area contributed by atoms with E-state index in [2.05, 4.69) is 5.32 Å². The van der Waals surface area contributed by atoms with Crippen molar-refractivity contribution in [1.29, 1.82) is 0 Å². The lowest BCUT2D eigenvalue weighted by Crippen LogP contribution is -2.28. The monoisotopic (exact) mass is 277 g/mol. The van der Waals surface area contributed by atoms with Crippen molar-refractivity contribution in [2.45, 2.75) is 11.0 Å². The maximum absolute atomic E-state index is 11.6. The van der Waals surface area contributed by atoms with Gasteiger partial charge in [-0.25, -0.2) is 0 Å². The number of hydrogen-bond donors (Lipinski definition) is 2. The molecule has 100 valence electrons. The number of benzene rings is 1. The van der Waals surface area contributed by atoms with Crippen LogP contribution in [-0.4, -0.2) is 23.8 Å². The first kappa shape index (κ1) is 13.7. The first-order valence-electron chi connectivity index (χ1n) is 5.84. The summed E-state index contributed by atoms with van der Waals surface area (Å²) >= 11 is 1.64. The molecule has 0 radical (unpaired) electrons. The van der Waals surface area contributed by atoms with Gasteiger partial charge in [-0.2, -0.15) is 0 Å². The second-order valence-corrected chi connectivity index (χ2v) is 4.86. The Morgan fingerprint density at radius 3 is 2.68 bits per heavy atom. The predicted molar refractivity (Wildman–Crippen MR) is 74.2 cm³/mol. The van der Waals surface area contributed by atoms with E-state index in [4.69, 9.17) is 4.42 Å². The van der Waals surface area contributed by atoms with E-state index in [-0.39, 0.29) is 18.2 Å². The van der Waals surface area contributed by atoms with Gasteiger partial charge in [-0.15, -0.1) is 11.8 Å². The van der Waals surface area contributed by atoms with Crippen molar-refractivity contribution in [3.05, 3.63) is 54.0 Å². The molecule has 1 heterocycles. The van der Waals surface area contributed by atoms with Crippen LogP contribution in [0.25, 0.3) is 0 Å². The summed E-state index contributed by atoms with van der Waals surface area (Å²) in [7, 11) is 0. The van der Waals surface area contributed by atoms with E-state index in [1.165, 1.54) is 6.26 Å². The lowest BCUT2D eigenvalue weighted by molar-refractivity contribution is 0.0889. The zero-order valence-corrected chi connectivity index (χ0v) is 11.3. The van der Waals surface area contributed by atoms with Gasteiger partial charge in [0, 0.05) is 11.4 Å². The summed E-state index contributed by atoms with van der Waals surface area (Å²) in [6.45, 7) is 0.151. The number of furan rings is 1. The molecule has 1 aromatic heterocycles. The van der Waals surface area contributed by atoms with E-state index in [9.17, 15) is 9.90 Å². The number of carbonyl (C=O) groups is 1. The summed E-state index contributed by atoms with van der Waals surface area (Å²) in [6.07, 6.45) is 2.71. The number of carbonyl (C=O) groups excluding carboxylic acids is 1. The van der Waals surface area contributed by atoms with Gasteiger partial charge in [0.15, 0.2) is 5.76 Å². The Bertz CT molecular complexity index is 522. The summed E-state index contributed by atoms with van der Waals surface area (Å²) in [5.74, 6) is -0.0882. The molecule has 0 saturated carbocycles. The molecule has 0 bridgehead atoms. The molecule has 0 spiro atoms. The number of thioether (sulfide) groups is 1. The molecular weight excluding hydrogens is 262 g/mol. The van der Waals surface area contributed by atoms with E-state index in [0.29, 0.717) is 0 Å². The molecule has 5 heteroatoms. The van der Waals surface area contributed by atoms with Gasteiger partial charge in [0.05, 0.1) is 12.4 Å². The van der Waals surface area contributed by atoms with Gasteiger partial charge < -0.3 is 14.8 Å². The molecule has 19 heavy (non-hydrogen) atoms. The van der Waals surface area contributed by atoms with Gasteiger partial charge in [0.1, 0.15) is 0 Å². The quantitative estimate of drug-likeness (QED) is 0.824. The van der Waals surface area contributed by atoms with Crippen LogP contribution >= 0.6 is 11.8 Å². The van der Waals surface area contributed by atoms with Crippen LogP contribution in [0.5, 0.6) is 0 Å². The van der Waals surface area contributed by atoms with Crippen LogP contribution in [0.2, 0.25) is 0 Å². The summed E-state index contributed by atoms with van der Waals surface area (Å²) in [4.78, 5) is 12.8. The Hall–Kier alpha value is -1.72. The molecule has 1 atom stereocenters. The highest BCUT2D eigenvalue weighted by Crippen LogP contribution is 2.18. The first-order chi connectivity index (χ1) is 9.20. The summed E-state index contributed by atoms with van der Waals surface area (Å²) in [5.41, 5.74) is 0.776. The molecule has 2 N–H and O–H groups in total. The lowest BCUT2D eigenvalue weighted by atomic mass is 10.1. The van der Waals surface area contributed by atoms with Gasteiger partial charge in [-0.05, 0) is 36.1 Å². The van der Waals surface area contributed by atoms with Crippen molar-refractivity contribution in [3.63, 3.8) is 0 Å². The van der Waals surface area contributed by atoms with Crippen LogP contribution in [0.3, 0.4) is 0 Å². The standard InChI is InChI=1S/C14H15NO3S/c1-19-11-6-4-10(5-7-11)12(16)9-15-14(17)13-3-2-8-18-13/h2-8,12,16H,9H2,1H3,(H,15,17). The van der Waals surface area contributed by atoms with Crippen LogP contribution in [0, 0.1) is 0 Å². The number of aliphatic hydroxyl groups excluding tert-OH is 1. The number of nitrogens with one attached hydrogen (secondary N) is 1. The summed E-state index contributed by atoms with van der Waals surface area (Å²) in [5, 5.41) is 12.6. The van der Waals surface area contributed by atoms with Crippen LogP contribution in [0.15, 0.2) is 52.0 Å². The van der Waals surface area contributed by atoms with E-state index in [1.54, 1.807) is 23.9 Å². The molecule has 1 amide bonds. The minimum Gasteiger partial charge on any atom is -0.459 e. The number of amides is 1. The van der Waals surface area contributed by atoms with Crippen molar-refractivity contribution >= 4 is 17.7 Å². The molecule has 0 saturated heterocycles. The molecule has 4 nitrogen and oxygen atoms in total. The van der Waals surface area contributed by atoms with E-state index < -0.39 is 6.10 Å². The molecular formula is C14H15NO3S. The second kappa shape index (κ2) is 6.45. The van der Waals surface area contributed by atoms with E-state index in [1.807, 2.05) is 30.5 Å². The number of hydrogen-bond acceptors (Lipinski definition) is 4. The fourth-order valence-electron chi connectivity index (χ4n) is 1.63. The molecule has 0 aliphatic rings. The van der Waals surface area contributed by atoms with Gasteiger partial charge in [-0.1, -0.05) is 12.1 Å². The van der Waals surface area contributed by atoms with Crippen molar-refractivity contribution in [1.82, 2.24) is 5.32 Å². The number of rotatable bonds is 5. The Labute approximate surface area is 115 Å². The van der Waals surface area contributed by atoms with Crippen molar-refractivity contribution in [2.24, 2.45) is 0 Å². The maximum Gasteiger partial charge on any atom is 0.287 e. The zero-order chi connectivity index (χ0) is 13.7. The Morgan fingerprint density at radius 1 is 1.37 bits per heavy atom. The van der Waals surface area contributed by atoms with Gasteiger partial charge >= 0.3 is 0 Å². The Balaban J connectivity index is 1.90. The average Bonchev–Trinajstić information content (AvgIpc) is 2.98. The maximum atomic E-state index is 11.6. The third-order valence-electron chi connectivity index (χ3n) is 2.70. The van der Waals surface area contributed by atoms with Gasteiger partial charge in [-0.3, -0.25) is 4.79 Å². The third-order valence-corrected chi connectivity index (χ3v) is 3.45. The molecule has 0 fully saturated rings. The average molecular weight is 277 g/mol. The van der Waals surface area contributed by atoms with Gasteiger partial charge in [0.2, 0.25) is 0 Å². The minimum absolute atomic E-state index is 0.151. The van der Waals surface area contributed by atoms with Crippen LogP contribution in [0.1, 0.15) is 22.2 Å².